The second-order valence-electron chi connectivity index (χ2n) is 4.02. The lowest BCUT2D eigenvalue weighted by Gasteiger charge is -2.14. The standard InChI is InChI=1S/C13H12ClNO3S/c14-11-6-4-10(5-7-11)2-1-3-12-13(16)15-8-9-19(12,17)18/h1-7H,8-9H2,(H,15,16)/b2-1+,12-3+. The summed E-state index contributed by atoms with van der Waals surface area (Å²) in [7, 11) is -3.46. The largest absolute Gasteiger partial charge is 0.350 e. The number of allylic oxidation sites excluding steroid dienone is 2. The third-order valence-corrected chi connectivity index (χ3v) is 4.61. The van der Waals surface area contributed by atoms with Gasteiger partial charge in [0.15, 0.2) is 9.84 Å². The SMILES string of the molecule is O=C1NCCS(=O)(=O)/C1=C/C=C/c1ccc(Cl)cc1. The molecule has 1 N–H and O–H groups in total. The number of nitrogens with one attached hydrogen (secondary N) is 1. The third kappa shape index (κ3) is 3.45. The highest BCUT2D eigenvalue weighted by molar-refractivity contribution is 7.96. The molecule has 1 aliphatic rings. The van der Waals surface area contributed by atoms with Crippen molar-refractivity contribution in [3.63, 3.8) is 0 Å². The number of halogens is 1. The average Bonchev–Trinajstić information content (AvgIpc) is 2.35. The first kappa shape index (κ1) is 13.8. The van der Waals surface area contributed by atoms with Crippen LogP contribution in [0.1, 0.15) is 5.56 Å². The molecule has 1 aliphatic heterocycles. The number of rotatable bonds is 2. The van der Waals surface area contributed by atoms with Crippen LogP contribution in [-0.2, 0) is 14.6 Å². The zero-order chi connectivity index (χ0) is 13.9. The number of hydrogen-bond acceptors (Lipinski definition) is 3. The summed E-state index contributed by atoms with van der Waals surface area (Å²) in [5, 5.41) is 3.14. The van der Waals surface area contributed by atoms with E-state index in [1.54, 1.807) is 36.4 Å². The summed E-state index contributed by atoms with van der Waals surface area (Å²) in [5.74, 6) is -0.605. The molecule has 6 heteroatoms. The highest BCUT2D eigenvalue weighted by Crippen LogP contribution is 2.14. The van der Waals surface area contributed by atoms with Crippen LogP contribution in [0.15, 0.2) is 41.3 Å². The van der Waals surface area contributed by atoms with Crippen molar-refractivity contribution in [2.24, 2.45) is 0 Å². The molecular formula is C13H12ClNO3S. The van der Waals surface area contributed by atoms with Gasteiger partial charge in [-0.25, -0.2) is 8.42 Å². The Kier molecular flexibility index (Phi) is 4.07. The van der Waals surface area contributed by atoms with Gasteiger partial charge in [-0.3, -0.25) is 4.79 Å². The van der Waals surface area contributed by atoms with E-state index in [1.165, 1.54) is 6.08 Å². The van der Waals surface area contributed by atoms with Crippen molar-refractivity contribution in [1.29, 1.82) is 0 Å². The van der Waals surface area contributed by atoms with Crippen LogP contribution < -0.4 is 5.32 Å². The van der Waals surface area contributed by atoms with Gasteiger partial charge in [-0.15, -0.1) is 0 Å². The molecule has 0 aromatic heterocycles. The molecule has 0 bridgehead atoms. The van der Waals surface area contributed by atoms with Gasteiger partial charge in [0.2, 0.25) is 0 Å². The van der Waals surface area contributed by atoms with E-state index in [0.29, 0.717) is 5.02 Å². The zero-order valence-electron chi connectivity index (χ0n) is 9.97. The fourth-order valence-electron chi connectivity index (χ4n) is 1.64. The lowest BCUT2D eigenvalue weighted by atomic mass is 10.2. The fraction of sp³-hybridized carbons (Fsp3) is 0.154. The van der Waals surface area contributed by atoms with Gasteiger partial charge >= 0.3 is 0 Å². The Morgan fingerprint density at radius 1 is 1.21 bits per heavy atom. The minimum atomic E-state index is -3.46. The molecule has 0 radical (unpaired) electrons. The minimum absolute atomic E-state index is 0.0562. The molecule has 0 saturated carbocycles. The Balaban J connectivity index is 2.21. The first-order chi connectivity index (χ1) is 8.99. The van der Waals surface area contributed by atoms with E-state index in [1.807, 2.05) is 0 Å². The molecule has 0 unspecified atom stereocenters. The molecule has 1 fully saturated rings. The molecule has 1 aromatic carbocycles. The molecule has 0 atom stereocenters. The van der Waals surface area contributed by atoms with Crippen LogP contribution in [0, 0.1) is 0 Å². The minimum Gasteiger partial charge on any atom is -0.350 e. The van der Waals surface area contributed by atoms with Crippen LogP contribution in [0.5, 0.6) is 0 Å². The van der Waals surface area contributed by atoms with E-state index in [4.69, 9.17) is 11.6 Å². The van der Waals surface area contributed by atoms with Gasteiger partial charge in [0, 0.05) is 11.6 Å². The maximum Gasteiger partial charge on any atom is 0.262 e. The summed E-state index contributed by atoms with van der Waals surface area (Å²) < 4.78 is 23.4. The Hall–Kier alpha value is -1.59. The second-order valence-corrected chi connectivity index (χ2v) is 6.53. The van der Waals surface area contributed by atoms with Crippen LogP contribution in [-0.4, -0.2) is 26.6 Å². The Morgan fingerprint density at radius 2 is 1.89 bits per heavy atom. The summed E-state index contributed by atoms with van der Waals surface area (Å²) >= 11 is 5.76. The number of sulfone groups is 1. The predicted octanol–water partition coefficient (Wildman–Crippen LogP) is 1.78. The lowest BCUT2D eigenvalue weighted by Crippen LogP contribution is -2.39. The Bertz CT molecular complexity index is 645. The zero-order valence-corrected chi connectivity index (χ0v) is 11.5. The molecule has 2 rings (SSSR count). The van der Waals surface area contributed by atoms with Crippen LogP contribution in [0.3, 0.4) is 0 Å². The summed E-state index contributed by atoms with van der Waals surface area (Å²) in [6.45, 7) is 0.166. The first-order valence-corrected chi connectivity index (χ1v) is 7.67. The van der Waals surface area contributed by atoms with Gasteiger partial charge in [-0.1, -0.05) is 35.9 Å². The van der Waals surface area contributed by atoms with Gasteiger partial charge in [-0.05, 0) is 23.8 Å². The monoisotopic (exact) mass is 297 g/mol. The van der Waals surface area contributed by atoms with Gasteiger partial charge in [-0.2, -0.15) is 0 Å². The molecule has 0 spiro atoms. The van der Waals surface area contributed by atoms with Crippen LogP contribution in [0.4, 0.5) is 0 Å². The van der Waals surface area contributed by atoms with Gasteiger partial charge < -0.3 is 5.32 Å². The molecule has 19 heavy (non-hydrogen) atoms. The molecule has 0 aliphatic carbocycles. The molecule has 1 amide bonds. The summed E-state index contributed by atoms with van der Waals surface area (Å²) in [6, 6.07) is 7.07. The number of carbonyl (C=O) groups excluding carboxylic acids is 1. The summed E-state index contributed by atoms with van der Waals surface area (Å²) in [6.07, 6.45) is 4.57. The molecule has 1 heterocycles. The fourth-order valence-corrected chi connectivity index (χ4v) is 2.99. The maximum atomic E-state index is 11.7. The molecule has 100 valence electrons. The molecule has 4 nitrogen and oxygen atoms in total. The van der Waals surface area contributed by atoms with Gasteiger partial charge in [0.05, 0.1) is 5.75 Å². The molecular weight excluding hydrogens is 286 g/mol. The van der Waals surface area contributed by atoms with Crippen molar-refractivity contribution >= 4 is 33.4 Å². The van der Waals surface area contributed by atoms with Crippen molar-refractivity contribution in [2.45, 2.75) is 0 Å². The Labute approximate surface area is 116 Å². The Morgan fingerprint density at radius 3 is 2.53 bits per heavy atom. The van der Waals surface area contributed by atoms with E-state index in [2.05, 4.69) is 5.32 Å². The van der Waals surface area contributed by atoms with Crippen LogP contribution in [0.25, 0.3) is 6.08 Å². The van der Waals surface area contributed by atoms with Crippen LogP contribution >= 0.6 is 11.6 Å². The van der Waals surface area contributed by atoms with Crippen molar-refractivity contribution in [1.82, 2.24) is 5.32 Å². The highest BCUT2D eigenvalue weighted by Gasteiger charge is 2.28. The topological polar surface area (TPSA) is 63.2 Å². The second kappa shape index (κ2) is 5.59. The number of carbonyl (C=O) groups is 1. The van der Waals surface area contributed by atoms with Crippen molar-refractivity contribution in [3.8, 4) is 0 Å². The van der Waals surface area contributed by atoms with E-state index in [9.17, 15) is 13.2 Å². The molecule has 1 aromatic rings. The van der Waals surface area contributed by atoms with Gasteiger partial charge in [0.1, 0.15) is 4.91 Å². The third-order valence-electron chi connectivity index (χ3n) is 2.62. The van der Waals surface area contributed by atoms with Crippen LogP contribution in [0.2, 0.25) is 5.02 Å². The van der Waals surface area contributed by atoms with E-state index in [-0.39, 0.29) is 17.2 Å². The average molecular weight is 298 g/mol. The summed E-state index contributed by atoms with van der Waals surface area (Å²) in [5.41, 5.74) is 0.870. The molecule has 1 saturated heterocycles. The normalized spacial score (nSPS) is 20.7. The number of amides is 1. The smallest absolute Gasteiger partial charge is 0.262 e. The summed E-state index contributed by atoms with van der Waals surface area (Å²) in [4.78, 5) is 11.3. The van der Waals surface area contributed by atoms with Crippen molar-refractivity contribution < 1.29 is 13.2 Å². The number of hydrogen-bond donors (Lipinski definition) is 1. The predicted molar refractivity (Wildman–Crippen MR) is 75.4 cm³/mol. The highest BCUT2D eigenvalue weighted by atomic mass is 35.5. The first-order valence-electron chi connectivity index (χ1n) is 5.64. The lowest BCUT2D eigenvalue weighted by molar-refractivity contribution is -0.116. The van der Waals surface area contributed by atoms with Crippen molar-refractivity contribution in [3.05, 3.63) is 51.9 Å². The quantitative estimate of drug-likeness (QED) is 0.846. The number of benzene rings is 1. The maximum absolute atomic E-state index is 11.7. The van der Waals surface area contributed by atoms with Crippen molar-refractivity contribution in [2.75, 3.05) is 12.3 Å². The van der Waals surface area contributed by atoms with E-state index < -0.39 is 15.7 Å². The van der Waals surface area contributed by atoms with Gasteiger partial charge in [0.25, 0.3) is 5.91 Å². The van der Waals surface area contributed by atoms with E-state index in [0.717, 1.165) is 5.56 Å². The van der Waals surface area contributed by atoms with E-state index >= 15 is 0 Å².